The van der Waals surface area contributed by atoms with E-state index < -0.39 is 17.8 Å². The smallest absolute Gasteiger partial charge is 0.335 e. The summed E-state index contributed by atoms with van der Waals surface area (Å²) in [5, 5.41) is 12.6. The quantitative estimate of drug-likeness (QED) is 0.841. The van der Waals surface area contributed by atoms with Crippen molar-refractivity contribution >= 4 is 17.8 Å². The van der Waals surface area contributed by atoms with Crippen molar-refractivity contribution in [2.45, 2.75) is 6.54 Å². The first-order chi connectivity index (χ1) is 9.58. The molecule has 0 spiro atoms. The lowest BCUT2D eigenvalue weighted by Crippen LogP contribution is -2.29. The van der Waals surface area contributed by atoms with Gasteiger partial charge in [0.25, 0.3) is 11.8 Å². The molecule has 7 nitrogen and oxygen atoms in total. The van der Waals surface area contributed by atoms with Crippen LogP contribution in [0.15, 0.2) is 35.1 Å². The first-order valence-electron chi connectivity index (χ1n) is 5.70. The van der Waals surface area contributed by atoms with Gasteiger partial charge in [-0.25, -0.2) is 4.79 Å². The van der Waals surface area contributed by atoms with Crippen LogP contribution in [0.2, 0.25) is 0 Å². The summed E-state index contributed by atoms with van der Waals surface area (Å²) in [6, 6.07) is 5.40. The van der Waals surface area contributed by atoms with E-state index in [1.807, 2.05) is 0 Å². The van der Waals surface area contributed by atoms with Gasteiger partial charge < -0.3 is 9.63 Å². The molecule has 0 bridgehead atoms. The number of carbonyl (C=O) groups is 3. The van der Waals surface area contributed by atoms with Gasteiger partial charge in [0.05, 0.1) is 23.2 Å². The van der Waals surface area contributed by atoms with Gasteiger partial charge in [-0.1, -0.05) is 5.16 Å². The highest BCUT2D eigenvalue weighted by molar-refractivity contribution is 6.21. The lowest BCUT2D eigenvalue weighted by atomic mass is 10.1. The first-order valence-corrected chi connectivity index (χ1v) is 5.70. The zero-order chi connectivity index (χ0) is 14.3. The number of imide groups is 1. The minimum absolute atomic E-state index is 0.00868. The van der Waals surface area contributed by atoms with Crippen LogP contribution in [-0.2, 0) is 6.54 Å². The Kier molecular flexibility index (Phi) is 2.60. The van der Waals surface area contributed by atoms with Gasteiger partial charge in [-0.2, -0.15) is 0 Å². The van der Waals surface area contributed by atoms with Crippen molar-refractivity contribution in [2.75, 3.05) is 0 Å². The molecule has 1 aliphatic heterocycles. The van der Waals surface area contributed by atoms with Gasteiger partial charge in [0.15, 0.2) is 0 Å². The number of benzene rings is 1. The molecule has 2 amide bonds. The van der Waals surface area contributed by atoms with E-state index in [1.165, 1.54) is 24.5 Å². The van der Waals surface area contributed by atoms with E-state index in [9.17, 15) is 14.4 Å². The number of hydrogen-bond acceptors (Lipinski definition) is 5. The van der Waals surface area contributed by atoms with Gasteiger partial charge in [0.1, 0.15) is 12.0 Å². The number of aromatic carboxylic acids is 1. The molecule has 0 atom stereocenters. The van der Waals surface area contributed by atoms with Crippen LogP contribution < -0.4 is 0 Å². The predicted octanol–water partition coefficient (Wildman–Crippen LogP) is 1.17. The maximum atomic E-state index is 12.2. The molecule has 0 saturated carbocycles. The van der Waals surface area contributed by atoms with Crippen molar-refractivity contribution in [3.8, 4) is 0 Å². The fourth-order valence-corrected chi connectivity index (χ4v) is 2.05. The topological polar surface area (TPSA) is 101 Å². The third-order valence-electron chi connectivity index (χ3n) is 3.03. The molecule has 2 heterocycles. The van der Waals surface area contributed by atoms with Crippen LogP contribution in [-0.4, -0.2) is 32.9 Å². The molecule has 1 aliphatic rings. The number of carboxylic acids is 1. The molecule has 2 aromatic rings. The summed E-state index contributed by atoms with van der Waals surface area (Å²) >= 11 is 0. The summed E-state index contributed by atoms with van der Waals surface area (Å²) in [6.45, 7) is -0.00868. The second-order valence-electron chi connectivity index (χ2n) is 4.25. The Balaban J connectivity index is 1.97. The van der Waals surface area contributed by atoms with Gasteiger partial charge in [0, 0.05) is 6.07 Å². The molecule has 100 valence electrons. The molecular formula is C13H8N2O5. The normalized spacial score (nSPS) is 13.7. The van der Waals surface area contributed by atoms with Crippen LogP contribution in [0, 0.1) is 0 Å². The zero-order valence-electron chi connectivity index (χ0n) is 10.1. The Morgan fingerprint density at radius 2 is 1.95 bits per heavy atom. The number of fused-ring (bicyclic) bond motifs is 1. The minimum Gasteiger partial charge on any atom is -0.478 e. The lowest BCUT2D eigenvalue weighted by Gasteiger charge is -2.10. The Hall–Kier alpha value is -2.96. The molecule has 0 unspecified atom stereocenters. The summed E-state index contributed by atoms with van der Waals surface area (Å²) in [4.78, 5) is 36.2. The average molecular weight is 272 g/mol. The minimum atomic E-state index is -1.15. The number of aromatic nitrogens is 1. The van der Waals surface area contributed by atoms with Crippen LogP contribution in [0.25, 0.3) is 0 Å². The van der Waals surface area contributed by atoms with Crippen LogP contribution in [0.3, 0.4) is 0 Å². The second kappa shape index (κ2) is 4.30. The van der Waals surface area contributed by atoms with Crippen molar-refractivity contribution in [1.82, 2.24) is 10.1 Å². The summed E-state index contributed by atoms with van der Waals surface area (Å²) < 4.78 is 4.65. The van der Waals surface area contributed by atoms with E-state index in [4.69, 9.17) is 5.11 Å². The fourth-order valence-electron chi connectivity index (χ4n) is 2.05. The SMILES string of the molecule is O=C(O)c1ccc2c(c1)C(=O)N(Cc1ccon1)C2=O. The van der Waals surface area contributed by atoms with E-state index in [0.29, 0.717) is 5.69 Å². The zero-order valence-corrected chi connectivity index (χ0v) is 10.1. The average Bonchev–Trinajstić information content (AvgIpc) is 3.02. The van der Waals surface area contributed by atoms with E-state index in [2.05, 4.69) is 9.68 Å². The highest BCUT2D eigenvalue weighted by Crippen LogP contribution is 2.25. The van der Waals surface area contributed by atoms with Crippen LogP contribution >= 0.6 is 0 Å². The molecule has 0 saturated heterocycles. The molecule has 0 fully saturated rings. The molecule has 1 N–H and O–H groups in total. The third-order valence-corrected chi connectivity index (χ3v) is 3.03. The molecule has 3 rings (SSSR count). The first kappa shape index (κ1) is 12.1. The number of amides is 2. The molecule has 20 heavy (non-hydrogen) atoms. The monoisotopic (exact) mass is 272 g/mol. The number of hydrogen-bond donors (Lipinski definition) is 1. The number of nitrogens with zero attached hydrogens (tertiary/aromatic N) is 2. The largest absolute Gasteiger partial charge is 0.478 e. The summed E-state index contributed by atoms with van der Waals surface area (Å²) in [7, 11) is 0. The summed E-state index contributed by atoms with van der Waals surface area (Å²) in [5.74, 6) is -2.15. The van der Waals surface area contributed by atoms with Crippen molar-refractivity contribution in [1.29, 1.82) is 0 Å². The number of carbonyl (C=O) groups excluding carboxylic acids is 2. The van der Waals surface area contributed by atoms with Crippen molar-refractivity contribution in [3.63, 3.8) is 0 Å². The van der Waals surface area contributed by atoms with Gasteiger partial charge in [-0.15, -0.1) is 0 Å². The van der Waals surface area contributed by atoms with Crippen LogP contribution in [0.5, 0.6) is 0 Å². The lowest BCUT2D eigenvalue weighted by molar-refractivity contribution is 0.0637. The summed E-state index contributed by atoms with van der Waals surface area (Å²) in [6.07, 6.45) is 1.34. The van der Waals surface area contributed by atoms with Crippen LogP contribution in [0.4, 0.5) is 0 Å². The van der Waals surface area contributed by atoms with Crippen molar-refractivity contribution in [3.05, 3.63) is 52.9 Å². The standard InChI is InChI=1S/C13H8N2O5/c16-11-9-2-1-7(13(18)19)5-10(9)12(17)15(11)6-8-3-4-20-14-8/h1-5H,6H2,(H,18,19). The number of carboxylic acid groups (broad SMARTS) is 1. The summed E-state index contributed by atoms with van der Waals surface area (Å²) in [5.41, 5.74) is 0.702. The molecule has 0 radical (unpaired) electrons. The molecule has 0 aliphatic carbocycles. The van der Waals surface area contributed by atoms with E-state index in [0.717, 1.165) is 4.90 Å². The molecule has 1 aromatic heterocycles. The van der Waals surface area contributed by atoms with Gasteiger partial charge in [-0.05, 0) is 18.2 Å². The molecule has 7 heteroatoms. The van der Waals surface area contributed by atoms with Crippen LogP contribution in [0.1, 0.15) is 36.8 Å². The number of rotatable bonds is 3. The molecular weight excluding hydrogens is 264 g/mol. The maximum Gasteiger partial charge on any atom is 0.335 e. The maximum absolute atomic E-state index is 12.2. The van der Waals surface area contributed by atoms with Crippen molar-refractivity contribution < 1.29 is 24.0 Å². The second-order valence-corrected chi connectivity index (χ2v) is 4.25. The predicted molar refractivity (Wildman–Crippen MR) is 64.1 cm³/mol. The Morgan fingerprint density at radius 1 is 1.20 bits per heavy atom. The fraction of sp³-hybridized carbons (Fsp3) is 0.0769. The van der Waals surface area contributed by atoms with Crippen molar-refractivity contribution in [2.24, 2.45) is 0 Å². The third kappa shape index (κ3) is 1.76. The highest BCUT2D eigenvalue weighted by atomic mass is 16.5. The Labute approximate surface area is 112 Å². The van der Waals surface area contributed by atoms with Gasteiger partial charge in [0.2, 0.25) is 0 Å². The van der Waals surface area contributed by atoms with E-state index in [1.54, 1.807) is 6.07 Å². The Morgan fingerprint density at radius 3 is 2.60 bits per heavy atom. The van der Waals surface area contributed by atoms with E-state index >= 15 is 0 Å². The van der Waals surface area contributed by atoms with Gasteiger partial charge in [-0.3, -0.25) is 14.5 Å². The van der Waals surface area contributed by atoms with Gasteiger partial charge >= 0.3 is 5.97 Å². The van der Waals surface area contributed by atoms with E-state index in [-0.39, 0.29) is 23.2 Å². The Bertz CT molecular complexity index is 720. The highest BCUT2D eigenvalue weighted by Gasteiger charge is 2.36. The molecule has 1 aromatic carbocycles.